The Morgan fingerprint density at radius 3 is 2.35 bits per heavy atom. The van der Waals surface area contributed by atoms with Crippen molar-refractivity contribution in [2.75, 3.05) is 18.5 Å². The predicted octanol–water partition coefficient (Wildman–Crippen LogP) is 1.74. The number of nitrogens with zero attached hydrogens (tertiary/aromatic N) is 1. The number of carboxylic acid groups (broad SMARTS) is 1. The van der Waals surface area contributed by atoms with Gasteiger partial charge in [0.15, 0.2) is 0 Å². The third-order valence-electron chi connectivity index (χ3n) is 3.16. The van der Waals surface area contributed by atoms with E-state index in [1.807, 2.05) is 42.3 Å². The van der Waals surface area contributed by atoms with Gasteiger partial charge in [-0.3, -0.25) is 9.59 Å². The summed E-state index contributed by atoms with van der Waals surface area (Å²) in [6.45, 7) is 5.55. The van der Waals surface area contributed by atoms with Crippen molar-refractivity contribution in [3.05, 3.63) is 30.3 Å². The van der Waals surface area contributed by atoms with Gasteiger partial charge in [-0.15, -0.1) is 0 Å². The fourth-order valence-electron chi connectivity index (χ4n) is 1.89. The number of para-hydroxylation sites is 1. The van der Waals surface area contributed by atoms with Crippen molar-refractivity contribution < 1.29 is 14.7 Å². The third kappa shape index (κ3) is 4.26. The van der Waals surface area contributed by atoms with Crippen LogP contribution in [0.2, 0.25) is 0 Å². The standard InChI is InChI=1S/C15H22N2O3/c1-11(13(18)19)16-14(20)15(2,3)10-17(4)12-8-6-5-7-9-12/h5-9,11H,10H2,1-4H3,(H,16,20)(H,18,19). The van der Waals surface area contributed by atoms with Gasteiger partial charge in [-0.25, -0.2) is 0 Å². The van der Waals surface area contributed by atoms with Crippen LogP contribution in [0.3, 0.4) is 0 Å². The Morgan fingerprint density at radius 1 is 1.30 bits per heavy atom. The van der Waals surface area contributed by atoms with E-state index in [0.717, 1.165) is 5.69 Å². The molecule has 1 aromatic rings. The molecule has 2 N–H and O–H groups in total. The average Bonchev–Trinajstić information content (AvgIpc) is 2.38. The van der Waals surface area contributed by atoms with E-state index in [1.54, 1.807) is 13.8 Å². The van der Waals surface area contributed by atoms with Crippen LogP contribution in [0.15, 0.2) is 30.3 Å². The molecule has 0 aliphatic carbocycles. The SMILES string of the molecule is CC(NC(=O)C(C)(C)CN(C)c1ccccc1)C(=O)O. The van der Waals surface area contributed by atoms with Crippen molar-refractivity contribution >= 4 is 17.6 Å². The van der Waals surface area contributed by atoms with E-state index >= 15 is 0 Å². The molecule has 5 nitrogen and oxygen atoms in total. The van der Waals surface area contributed by atoms with Crippen molar-refractivity contribution in [3.8, 4) is 0 Å². The summed E-state index contributed by atoms with van der Waals surface area (Å²) in [5.41, 5.74) is 0.327. The summed E-state index contributed by atoms with van der Waals surface area (Å²) in [7, 11) is 1.91. The number of benzene rings is 1. The van der Waals surface area contributed by atoms with Crippen LogP contribution in [0.5, 0.6) is 0 Å². The fraction of sp³-hybridized carbons (Fsp3) is 0.467. The number of hydrogen-bond donors (Lipinski definition) is 2. The zero-order valence-electron chi connectivity index (χ0n) is 12.4. The minimum absolute atomic E-state index is 0.268. The van der Waals surface area contributed by atoms with E-state index in [0.29, 0.717) is 6.54 Å². The maximum Gasteiger partial charge on any atom is 0.325 e. The van der Waals surface area contributed by atoms with Crippen molar-refractivity contribution in [1.29, 1.82) is 0 Å². The Hall–Kier alpha value is -2.04. The van der Waals surface area contributed by atoms with Crippen LogP contribution in [0, 0.1) is 5.41 Å². The van der Waals surface area contributed by atoms with Crippen LogP contribution in [0.1, 0.15) is 20.8 Å². The van der Waals surface area contributed by atoms with Gasteiger partial charge in [0.05, 0.1) is 5.41 Å². The number of aliphatic carboxylic acids is 1. The number of amides is 1. The molecule has 1 amide bonds. The van der Waals surface area contributed by atoms with Gasteiger partial charge in [0.25, 0.3) is 0 Å². The summed E-state index contributed by atoms with van der Waals surface area (Å²) in [5.74, 6) is -1.30. The molecule has 0 saturated heterocycles. The average molecular weight is 278 g/mol. The lowest BCUT2D eigenvalue weighted by molar-refractivity contribution is -0.142. The van der Waals surface area contributed by atoms with Crippen LogP contribution in [-0.2, 0) is 9.59 Å². The summed E-state index contributed by atoms with van der Waals surface area (Å²) < 4.78 is 0. The van der Waals surface area contributed by atoms with Crippen LogP contribution >= 0.6 is 0 Å². The molecule has 1 atom stereocenters. The maximum absolute atomic E-state index is 12.1. The molecule has 5 heteroatoms. The van der Waals surface area contributed by atoms with Crippen LogP contribution < -0.4 is 10.2 Å². The highest BCUT2D eigenvalue weighted by Crippen LogP contribution is 2.21. The van der Waals surface area contributed by atoms with Gasteiger partial charge >= 0.3 is 5.97 Å². The molecule has 20 heavy (non-hydrogen) atoms. The fourth-order valence-corrected chi connectivity index (χ4v) is 1.89. The molecule has 0 bridgehead atoms. The van der Waals surface area contributed by atoms with Crippen molar-refractivity contribution in [3.63, 3.8) is 0 Å². The molecule has 1 rings (SSSR count). The first-order valence-corrected chi connectivity index (χ1v) is 6.54. The second-order valence-electron chi connectivity index (χ2n) is 5.61. The Morgan fingerprint density at radius 2 is 1.85 bits per heavy atom. The number of anilines is 1. The first-order valence-electron chi connectivity index (χ1n) is 6.54. The van der Waals surface area contributed by atoms with Gasteiger partial charge in [-0.1, -0.05) is 18.2 Å². The summed E-state index contributed by atoms with van der Waals surface area (Å²) in [6, 6.07) is 8.85. The minimum Gasteiger partial charge on any atom is -0.480 e. The molecule has 0 spiro atoms. The highest BCUT2D eigenvalue weighted by atomic mass is 16.4. The number of carboxylic acids is 1. The number of carbonyl (C=O) groups is 2. The van der Waals surface area contributed by atoms with E-state index in [4.69, 9.17) is 5.11 Å². The zero-order chi connectivity index (χ0) is 15.3. The van der Waals surface area contributed by atoms with Gasteiger partial charge < -0.3 is 15.3 Å². The molecule has 0 aliphatic heterocycles. The largest absolute Gasteiger partial charge is 0.480 e. The van der Waals surface area contributed by atoms with Gasteiger partial charge in [-0.05, 0) is 32.9 Å². The normalized spacial score (nSPS) is 12.6. The number of rotatable bonds is 6. The lowest BCUT2D eigenvalue weighted by Gasteiger charge is -2.31. The first kappa shape index (κ1) is 16.0. The van der Waals surface area contributed by atoms with Gasteiger partial charge in [0, 0.05) is 19.3 Å². The predicted molar refractivity (Wildman–Crippen MR) is 78.7 cm³/mol. The van der Waals surface area contributed by atoms with E-state index in [9.17, 15) is 9.59 Å². The molecular formula is C15H22N2O3. The van der Waals surface area contributed by atoms with Crippen LogP contribution in [-0.4, -0.2) is 36.6 Å². The second kappa shape index (κ2) is 6.41. The lowest BCUT2D eigenvalue weighted by Crippen LogP contribution is -2.49. The van der Waals surface area contributed by atoms with Crippen LogP contribution in [0.25, 0.3) is 0 Å². The number of carbonyl (C=O) groups excluding carboxylic acids is 1. The Bertz CT molecular complexity index is 471. The first-order chi connectivity index (χ1) is 9.24. The topological polar surface area (TPSA) is 69.6 Å². The maximum atomic E-state index is 12.1. The third-order valence-corrected chi connectivity index (χ3v) is 3.16. The Balaban J connectivity index is 2.69. The summed E-state index contributed by atoms with van der Waals surface area (Å²) in [4.78, 5) is 24.9. The number of hydrogen-bond acceptors (Lipinski definition) is 3. The van der Waals surface area contributed by atoms with Gasteiger partial charge in [0.1, 0.15) is 6.04 Å². The van der Waals surface area contributed by atoms with Gasteiger partial charge in [0.2, 0.25) is 5.91 Å². The van der Waals surface area contributed by atoms with Crippen molar-refractivity contribution in [2.45, 2.75) is 26.8 Å². The van der Waals surface area contributed by atoms with Crippen molar-refractivity contribution in [2.24, 2.45) is 5.41 Å². The summed E-state index contributed by atoms with van der Waals surface area (Å²) in [5, 5.41) is 11.3. The molecular weight excluding hydrogens is 256 g/mol. The summed E-state index contributed by atoms with van der Waals surface area (Å²) in [6.07, 6.45) is 0. The second-order valence-corrected chi connectivity index (χ2v) is 5.61. The van der Waals surface area contributed by atoms with Crippen LogP contribution in [0.4, 0.5) is 5.69 Å². The Kier molecular flexibility index (Phi) is 5.13. The van der Waals surface area contributed by atoms with Crippen molar-refractivity contribution in [1.82, 2.24) is 5.32 Å². The smallest absolute Gasteiger partial charge is 0.325 e. The highest BCUT2D eigenvalue weighted by molar-refractivity contribution is 5.87. The lowest BCUT2D eigenvalue weighted by atomic mass is 9.91. The van der Waals surface area contributed by atoms with E-state index in [-0.39, 0.29) is 5.91 Å². The molecule has 0 fully saturated rings. The zero-order valence-corrected chi connectivity index (χ0v) is 12.4. The molecule has 0 aromatic heterocycles. The molecule has 0 heterocycles. The van der Waals surface area contributed by atoms with E-state index < -0.39 is 17.4 Å². The Labute approximate surface area is 119 Å². The van der Waals surface area contributed by atoms with E-state index in [1.165, 1.54) is 6.92 Å². The highest BCUT2D eigenvalue weighted by Gasteiger charge is 2.31. The quantitative estimate of drug-likeness (QED) is 0.831. The molecule has 0 saturated carbocycles. The summed E-state index contributed by atoms with van der Waals surface area (Å²) >= 11 is 0. The molecule has 0 radical (unpaired) electrons. The molecule has 110 valence electrons. The molecule has 1 unspecified atom stereocenters. The van der Waals surface area contributed by atoms with Gasteiger partial charge in [-0.2, -0.15) is 0 Å². The number of nitrogens with one attached hydrogen (secondary N) is 1. The minimum atomic E-state index is -1.04. The monoisotopic (exact) mass is 278 g/mol. The molecule has 1 aromatic carbocycles. The van der Waals surface area contributed by atoms with E-state index in [2.05, 4.69) is 5.32 Å². The molecule has 0 aliphatic rings.